The SMILES string of the molecule is Cc1ccc(S(=O)(=O)NCCNc2ncccc2F)cc1. The lowest BCUT2D eigenvalue weighted by molar-refractivity contribution is 0.582. The Morgan fingerprint density at radius 3 is 2.52 bits per heavy atom. The molecule has 0 unspecified atom stereocenters. The van der Waals surface area contributed by atoms with Gasteiger partial charge in [-0.05, 0) is 31.2 Å². The summed E-state index contributed by atoms with van der Waals surface area (Å²) < 4.78 is 39.7. The molecule has 1 heterocycles. The fourth-order valence-corrected chi connectivity index (χ4v) is 2.71. The van der Waals surface area contributed by atoms with Gasteiger partial charge in [-0.1, -0.05) is 17.7 Å². The van der Waals surface area contributed by atoms with Crippen molar-refractivity contribution < 1.29 is 12.8 Å². The summed E-state index contributed by atoms with van der Waals surface area (Å²) in [7, 11) is -3.55. The Kier molecular flexibility index (Phi) is 4.87. The van der Waals surface area contributed by atoms with E-state index >= 15 is 0 Å². The highest BCUT2D eigenvalue weighted by Gasteiger charge is 2.12. The molecule has 0 amide bonds. The first-order valence-corrected chi connectivity index (χ1v) is 7.88. The lowest BCUT2D eigenvalue weighted by Crippen LogP contribution is -2.29. The number of benzene rings is 1. The van der Waals surface area contributed by atoms with Gasteiger partial charge in [0, 0.05) is 19.3 Å². The van der Waals surface area contributed by atoms with Gasteiger partial charge in [0.2, 0.25) is 10.0 Å². The summed E-state index contributed by atoms with van der Waals surface area (Å²) in [5.41, 5.74) is 0.987. The largest absolute Gasteiger partial charge is 0.366 e. The fourth-order valence-electron chi connectivity index (χ4n) is 1.68. The van der Waals surface area contributed by atoms with Crippen LogP contribution in [0.3, 0.4) is 0 Å². The van der Waals surface area contributed by atoms with Crippen molar-refractivity contribution in [3.05, 3.63) is 54.0 Å². The van der Waals surface area contributed by atoms with E-state index in [1.807, 2.05) is 6.92 Å². The molecule has 0 radical (unpaired) electrons. The van der Waals surface area contributed by atoms with Crippen LogP contribution in [0.15, 0.2) is 47.5 Å². The number of rotatable bonds is 6. The molecule has 0 fully saturated rings. The minimum Gasteiger partial charge on any atom is -0.366 e. The molecule has 0 aliphatic heterocycles. The van der Waals surface area contributed by atoms with Crippen molar-refractivity contribution in [1.29, 1.82) is 0 Å². The minimum absolute atomic E-state index is 0.104. The van der Waals surface area contributed by atoms with Crippen molar-refractivity contribution in [3.63, 3.8) is 0 Å². The summed E-state index contributed by atoms with van der Waals surface area (Å²) in [4.78, 5) is 4.02. The first-order valence-electron chi connectivity index (χ1n) is 6.40. The summed E-state index contributed by atoms with van der Waals surface area (Å²) in [6.07, 6.45) is 1.46. The van der Waals surface area contributed by atoms with Crippen molar-refractivity contribution in [2.75, 3.05) is 18.4 Å². The van der Waals surface area contributed by atoms with Crippen molar-refractivity contribution in [1.82, 2.24) is 9.71 Å². The van der Waals surface area contributed by atoms with Gasteiger partial charge < -0.3 is 5.32 Å². The highest BCUT2D eigenvalue weighted by molar-refractivity contribution is 7.89. The molecule has 1 aromatic carbocycles. The standard InChI is InChI=1S/C14H16FN3O2S/c1-11-4-6-12(7-5-11)21(19,20)18-10-9-17-14-13(15)3-2-8-16-14/h2-8,18H,9-10H2,1H3,(H,16,17). The Hall–Kier alpha value is -1.99. The van der Waals surface area contributed by atoms with Gasteiger partial charge in [-0.2, -0.15) is 0 Å². The summed E-state index contributed by atoms with van der Waals surface area (Å²) >= 11 is 0. The maximum atomic E-state index is 13.3. The number of hydrogen-bond acceptors (Lipinski definition) is 4. The highest BCUT2D eigenvalue weighted by atomic mass is 32.2. The second-order valence-electron chi connectivity index (χ2n) is 4.47. The Morgan fingerprint density at radius 2 is 1.86 bits per heavy atom. The third-order valence-electron chi connectivity index (χ3n) is 2.80. The molecular weight excluding hydrogens is 293 g/mol. The van der Waals surface area contributed by atoms with Crippen molar-refractivity contribution >= 4 is 15.8 Å². The third kappa shape index (κ3) is 4.24. The predicted molar refractivity (Wildman–Crippen MR) is 79.1 cm³/mol. The van der Waals surface area contributed by atoms with Gasteiger partial charge in [0.05, 0.1) is 4.90 Å². The number of aromatic nitrogens is 1. The van der Waals surface area contributed by atoms with E-state index in [-0.39, 0.29) is 23.8 Å². The molecule has 0 spiro atoms. The Labute approximate surface area is 123 Å². The van der Waals surface area contributed by atoms with E-state index in [9.17, 15) is 12.8 Å². The Balaban J connectivity index is 1.88. The van der Waals surface area contributed by atoms with Crippen LogP contribution in [0, 0.1) is 12.7 Å². The molecule has 112 valence electrons. The van der Waals surface area contributed by atoms with Gasteiger partial charge in [0.25, 0.3) is 0 Å². The van der Waals surface area contributed by atoms with Crippen molar-refractivity contribution in [2.24, 2.45) is 0 Å². The van der Waals surface area contributed by atoms with Crippen LogP contribution in [0.5, 0.6) is 0 Å². The minimum atomic E-state index is -3.55. The van der Waals surface area contributed by atoms with Gasteiger partial charge in [-0.25, -0.2) is 22.5 Å². The van der Waals surface area contributed by atoms with Gasteiger partial charge in [-0.15, -0.1) is 0 Å². The first kappa shape index (κ1) is 15.4. The van der Waals surface area contributed by atoms with Crippen LogP contribution in [-0.4, -0.2) is 26.5 Å². The van der Waals surface area contributed by atoms with E-state index in [1.54, 1.807) is 24.3 Å². The normalized spacial score (nSPS) is 11.3. The first-order chi connectivity index (χ1) is 9.99. The average Bonchev–Trinajstić information content (AvgIpc) is 2.46. The molecule has 0 saturated carbocycles. The van der Waals surface area contributed by atoms with E-state index < -0.39 is 15.8 Å². The van der Waals surface area contributed by atoms with Crippen LogP contribution >= 0.6 is 0 Å². The zero-order chi connectivity index (χ0) is 15.3. The summed E-state index contributed by atoms with van der Waals surface area (Å²) in [5, 5.41) is 2.73. The van der Waals surface area contributed by atoms with Crippen LogP contribution in [0.1, 0.15) is 5.56 Å². The van der Waals surface area contributed by atoms with Gasteiger partial charge in [-0.3, -0.25) is 0 Å². The number of sulfonamides is 1. The average molecular weight is 309 g/mol. The molecule has 0 bridgehead atoms. The number of aryl methyl sites for hydroxylation is 1. The number of nitrogens with one attached hydrogen (secondary N) is 2. The van der Waals surface area contributed by atoms with Crippen LogP contribution in [0.25, 0.3) is 0 Å². The number of halogens is 1. The molecule has 21 heavy (non-hydrogen) atoms. The maximum absolute atomic E-state index is 13.3. The summed E-state index contributed by atoms with van der Waals surface area (Å²) in [6.45, 7) is 2.25. The molecule has 0 aliphatic carbocycles. The lowest BCUT2D eigenvalue weighted by Gasteiger charge is -2.09. The molecule has 2 N–H and O–H groups in total. The van der Waals surface area contributed by atoms with E-state index in [0.717, 1.165) is 5.56 Å². The second kappa shape index (κ2) is 6.64. The van der Waals surface area contributed by atoms with E-state index in [0.29, 0.717) is 0 Å². The van der Waals surface area contributed by atoms with Gasteiger partial charge >= 0.3 is 0 Å². The molecule has 0 aliphatic rings. The molecule has 0 atom stereocenters. The van der Waals surface area contributed by atoms with Gasteiger partial charge in [0.1, 0.15) is 0 Å². The Bertz CT molecular complexity index is 702. The Morgan fingerprint density at radius 1 is 1.14 bits per heavy atom. The van der Waals surface area contributed by atoms with Crippen LogP contribution in [-0.2, 0) is 10.0 Å². The fraction of sp³-hybridized carbons (Fsp3) is 0.214. The summed E-state index contributed by atoms with van der Waals surface area (Å²) in [6, 6.07) is 9.33. The zero-order valence-corrected chi connectivity index (χ0v) is 12.3. The van der Waals surface area contributed by atoms with Crippen LogP contribution < -0.4 is 10.0 Å². The van der Waals surface area contributed by atoms with E-state index in [2.05, 4.69) is 15.0 Å². The molecule has 7 heteroatoms. The predicted octanol–water partition coefficient (Wildman–Crippen LogP) is 1.92. The maximum Gasteiger partial charge on any atom is 0.240 e. The van der Waals surface area contributed by atoms with Crippen molar-refractivity contribution in [3.8, 4) is 0 Å². The topological polar surface area (TPSA) is 71.1 Å². The quantitative estimate of drug-likeness (QED) is 0.800. The monoisotopic (exact) mass is 309 g/mol. The molecule has 2 rings (SSSR count). The van der Waals surface area contributed by atoms with Crippen molar-refractivity contribution in [2.45, 2.75) is 11.8 Å². The molecule has 1 aromatic heterocycles. The number of nitrogens with zero attached hydrogens (tertiary/aromatic N) is 1. The van der Waals surface area contributed by atoms with Crippen LogP contribution in [0.2, 0.25) is 0 Å². The number of pyridine rings is 1. The van der Waals surface area contributed by atoms with Gasteiger partial charge in [0.15, 0.2) is 11.6 Å². The van der Waals surface area contributed by atoms with Crippen LogP contribution in [0.4, 0.5) is 10.2 Å². The van der Waals surface area contributed by atoms with E-state index in [4.69, 9.17) is 0 Å². The molecular formula is C14H16FN3O2S. The number of anilines is 1. The smallest absolute Gasteiger partial charge is 0.240 e. The second-order valence-corrected chi connectivity index (χ2v) is 6.24. The third-order valence-corrected chi connectivity index (χ3v) is 4.28. The molecule has 0 saturated heterocycles. The summed E-state index contributed by atoms with van der Waals surface area (Å²) in [5.74, 6) is -0.370. The molecule has 5 nitrogen and oxygen atoms in total. The lowest BCUT2D eigenvalue weighted by atomic mass is 10.2. The number of hydrogen-bond donors (Lipinski definition) is 2. The van der Waals surface area contributed by atoms with E-state index in [1.165, 1.54) is 18.3 Å². The highest BCUT2D eigenvalue weighted by Crippen LogP contribution is 2.10. The molecule has 2 aromatic rings. The zero-order valence-electron chi connectivity index (χ0n) is 11.5.